The van der Waals surface area contributed by atoms with Gasteiger partial charge in [0.2, 0.25) is 0 Å². The average molecular weight is 196 g/mol. The third-order valence-corrected chi connectivity index (χ3v) is 1.93. The van der Waals surface area contributed by atoms with Crippen molar-refractivity contribution in [3.05, 3.63) is 30.1 Å². The van der Waals surface area contributed by atoms with E-state index in [1.807, 2.05) is 12.1 Å². The second kappa shape index (κ2) is 6.48. The molecule has 1 atom stereocenters. The van der Waals surface area contributed by atoms with E-state index in [1.165, 1.54) is 0 Å². The van der Waals surface area contributed by atoms with Crippen molar-refractivity contribution in [2.45, 2.75) is 12.6 Å². The Bertz CT molecular complexity index is 241. The number of aromatic nitrogens is 1. The monoisotopic (exact) mass is 196 g/mol. The van der Waals surface area contributed by atoms with Gasteiger partial charge in [0.15, 0.2) is 0 Å². The number of pyridine rings is 1. The first-order valence-corrected chi connectivity index (χ1v) is 4.59. The van der Waals surface area contributed by atoms with Gasteiger partial charge < -0.3 is 15.2 Å². The number of hydrogen-bond acceptors (Lipinski definition) is 4. The van der Waals surface area contributed by atoms with Gasteiger partial charge in [0.05, 0.1) is 19.3 Å². The molecular weight excluding hydrogens is 180 g/mol. The van der Waals surface area contributed by atoms with E-state index < -0.39 is 0 Å². The number of nitrogens with one attached hydrogen (secondary N) is 1. The Morgan fingerprint density at radius 2 is 2.21 bits per heavy atom. The van der Waals surface area contributed by atoms with Gasteiger partial charge in [-0.2, -0.15) is 0 Å². The normalized spacial score (nSPS) is 12.7. The maximum Gasteiger partial charge on any atom is 0.0638 e. The molecule has 0 aliphatic rings. The van der Waals surface area contributed by atoms with Gasteiger partial charge in [-0.15, -0.1) is 0 Å². The van der Waals surface area contributed by atoms with Crippen LogP contribution >= 0.6 is 0 Å². The van der Waals surface area contributed by atoms with Gasteiger partial charge in [-0.25, -0.2) is 0 Å². The second-order valence-electron chi connectivity index (χ2n) is 3.07. The standard InChI is InChI=1S/C10H16N2O2/c1-14-8-10(7-13)12-6-9-2-4-11-5-3-9/h2-5,10,12-13H,6-8H2,1H3. The van der Waals surface area contributed by atoms with Crippen molar-refractivity contribution in [2.75, 3.05) is 20.3 Å². The lowest BCUT2D eigenvalue weighted by atomic mass is 10.2. The molecule has 0 radical (unpaired) electrons. The minimum atomic E-state index is -0.00633. The Balaban J connectivity index is 2.32. The first-order valence-electron chi connectivity index (χ1n) is 4.59. The van der Waals surface area contributed by atoms with Crippen molar-refractivity contribution >= 4 is 0 Å². The lowest BCUT2D eigenvalue weighted by Gasteiger charge is -2.14. The fourth-order valence-electron chi connectivity index (χ4n) is 1.14. The Morgan fingerprint density at radius 1 is 1.50 bits per heavy atom. The molecule has 0 aliphatic carbocycles. The number of ether oxygens (including phenoxy) is 1. The topological polar surface area (TPSA) is 54.4 Å². The predicted molar refractivity (Wildman–Crippen MR) is 53.8 cm³/mol. The van der Waals surface area contributed by atoms with Crippen LogP contribution < -0.4 is 5.32 Å². The fraction of sp³-hybridized carbons (Fsp3) is 0.500. The molecular formula is C10H16N2O2. The molecule has 0 bridgehead atoms. The van der Waals surface area contributed by atoms with Crippen LogP contribution in [0.2, 0.25) is 0 Å². The first kappa shape index (κ1) is 11.1. The number of nitrogens with zero attached hydrogens (tertiary/aromatic N) is 1. The Kier molecular flexibility index (Phi) is 5.14. The third kappa shape index (κ3) is 3.83. The lowest BCUT2D eigenvalue weighted by Crippen LogP contribution is -2.35. The molecule has 0 saturated heterocycles. The molecule has 1 aromatic heterocycles. The third-order valence-electron chi connectivity index (χ3n) is 1.93. The Labute approximate surface area is 83.9 Å². The number of hydrogen-bond donors (Lipinski definition) is 2. The molecule has 0 aliphatic heterocycles. The Morgan fingerprint density at radius 3 is 2.79 bits per heavy atom. The zero-order valence-corrected chi connectivity index (χ0v) is 8.31. The van der Waals surface area contributed by atoms with Gasteiger partial charge in [0.1, 0.15) is 0 Å². The highest BCUT2D eigenvalue weighted by Crippen LogP contribution is 1.96. The minimum Gasteiger partial charge on any atom is -0.395 e. The summed E-state index contributed by atoms with van der Waals surface area (Å²) in [5.74, 6) is 0. The van der Waals surface area contributed by atoms with Crippen molar-refractivity contribution < 1.29 is 9.84 Å². The molecule has 1 heterocycles. The number of aliphatic hydroxyl groups is 1. The van der Waals surface area contributed by atoms with Crippen LogP contribution in [-0.4, -0.2) is 36.5 Å². The summed E-state index contributed by atoms with van der Waals surface area (Å²) in [5, 5.41) is 12.2. The molecule has 0 fully saturated rings. The van der Waals surface area contributed by atoms with Crippen LogP contribution in [0.5, 0.6) is 0 Å². The van der Waals surface area contributed by atoms with Crippen LogP contribution in [0.25, 0.3) is 0 Å². The summed E-state index contributed by atoms with van der Waals surface area (Å²) in [7, 11) is 1.62. The zero-order chi connectivity index (χ0) is 10.2. The molecule has 1 aromatic rings. The van der Waals surface area contributed by atoms with Gasteiger partial charge in [0.25, 0.3) is 0 Å². The van der Waals surface area contributed by atoms with Crippen LogP contribution in [0.4, 0.5) is 0 Å². The summed E-state index contributed by atoms with van der Waals surface area (Å²) >= 11 is 0. The summed E-state index contributed by atoms with van der Waals surface area (Å²) < 4.78 is 4.95. The molecule has 78 valence electrons. The molecule has 1 unspecified atom stereocenters. The highest BCUT2D eigenvalue weighted by molar-refractivity contribution is 5.09. The van der Waals surface area contributed by atoms with Crippen LogP contribution in [0.3, 0.4) is 0 Å². The maximum atomic E-state index is 8.98. The zero-order valence-electron chi connectivity index (χ0n) is 8.31. The lowest BCUT2D eigenvalue weighted by molar-refractivity contribution is 0.128. The summed E-state index contributed by atoms with van der Waals surface area (Å²) in [4.78, 5) is 3.93. The smallest absolute Gasteiger partial charge is 0.0638 e. The molecule has 0 aromatic carbocycles. The van der Waals surface area contributed by atoms with Crippen LogP contribution in [0, 0.1) is 0 Å². The summed E-state index contributed by atoms with van der Waals surface area (Å²) in [6, 6.07) is 3.87. The van der Waals surface area contributed by atoms with Gasteiger partial charge in [-0.05, 0) is 17.7 Å². The molecule has 0 amide bonds. The quantitative estimate of drug-likeness (QED) is 0.681. The van der Waals surface area contributed by atoms with E-state index in [4.69, 9.17) is 9.84 Å². The largest absolute Gasteiger partial charge is 0.395 e. The molecule has 2 N–H and O–H groups in total. The summed E-state index contributed by atoms with van der Waals surface area (Å²) in [5.41, 5.74) is 1.15. The minimum absolute atomic E-state index is 0.00633. The SMILES string of the molecule is COCC(CO)NCc1ccncc1. The van der Waals surface area contributed by atoms with Crippen molar-refractivity contribution in [3.8, 4) is 0 Å². The van der Waals surface area contributed by atoms with Gasteiger partial charge in [-0.3, -0.25) is 4.98 Å². The predicted octanol–water partition coefficient (Wildman–Crippen LogP) is 0.178. The van der Waals surface area contributed by atoms with E-state index in [9.17, 15) is 0 Å². The van der Waals surface area contributed by atoms with Gasteiger partial charge in [0, 0.05) is 26.0 Å². The van der Waals surface area contributed by atoms with E-state index >= 15 is 0 Å². The fourth-order valence-corrected chi connectivity index (χ4v) is 1.14. The average Bonchev–Trinajstić information content (AvgIpc) is 2.25. The molecule has 0 saturated carbocycles. The molecule has 0 spiro atoms. The number of rotatable bonds is 6. The van der Waals surface area contributed by atoms with E-state index in [2.05, 4.69) is 10.3 Å². The van der Waals surface area contributed by atoms with Gasteiger partial charge >= 0.3 is 0 Å². The first-order chi connectivity index (χ1) is 6.86. The molecule has 14 heavy (non-hydrogen) atoms. The van der Waals surface area contributed by atoms with E-state index in [0.717, 1.165) is 12.1 Å². The van der Waals surface area contributed by atoms with Crippen molar-refractivity contribution in [1.82, 2.24) is 10.3 Å². The van der Waals surface area contributed by atoms with Crippen molar-refractivity contribution in [1.29, 1.82) is 0 Å². The second-order valence-corrected chi connectivity index (χ2v) is 3.07. The molecule has 4 heteroatoms. The van der Waals surface area contributed by atoms with E-state index in [-0.39, 0.29) is 12.6 Å². The van der Waals surface area contributed by atoms with Crippen molar-refractivity contribution in [3.63, 3.8) is 0 Å². The number of aliphatic hydroxyl groups excluding tert-OH is 1. The van der Waals surface area contributed by atoms with E-state index in [1.54, 1.807) is 19.5 Å². The van der Waals surface area contributed by atoms with Gasteiger partial charge in [-0.1, -0.05) is 0 Å². The summed E-state index contributed by atoms with van der Waals surface area (Å²) in [6.45, 7) is 1.32. The molecule has 1 rings (SSSR count). The van der Waals surface area contributed by atoms with Crippen LogP contribution in [0.1, 0.15) is 5.56 Å². The van der Waals surface area contributed by atoms with Crippen LogP contribution in [0.15, 0.2) is 24.5 Å². The van der Waals surface area contributed by atoms with Crippen molar-refractivity contribution in [2.24, 2.45) is 0 Å². The highest BCUT2D eigenvalue weighted by Gasteiger charge is 2.04. The Hall–Kier alpha value is -0.970. The maximum absolute atomic E-state index is 8.98. The highest BCUT2D eigenvalue weighted by atomic mass is 16.5. The summed E-state index contributed by atoms with van der Waals surface area (Å²) in [6.07, 6.45) is 3.50. The number of methoxy groups -OCH3 is 1. The molecule has 4 nitrogen and oxygen atoms in total. The van der Waals surface area contributed by atoms with E-state index in [0.29, 0.717) is 6.61 Å². The van der Waals surface area contributed by atoms with Crippen LogP contribution in [-0.2, 0) is 11.3 Å².